The van der Waals surface area contributed by atoms with Crippen molar-refractivity contribution < 1.29 is 23.5 Å². The van der Waals surface area contributed by atoms with E-state index in [4.69, 9.17) is 9.47 Å². The van der Waals surface area contributed by atoms with Crippen LogP contribution in [0.5, 0.6) is 11.5 Å². The molecule has 2 aromatic rings. The van der Waals surface area contributed by atoms with Gasteiger partial charge in [-0.25, -0.2) is 4.39 Å². The first-order valence-electron chi connectivity index (χ1n) is 7.78. The summed E-state index contributed by atoms with van der Waals surface area (Å²) in [4.78, 5) is 23.8. The molecule has 25 heavy (non-hydrogen) atoms. The number of fused-ring (bicyclic) bond motifs is 1. The van der Waals surface area contributed by atoms with Crippen LogP contribution in [-0.4, -0.2) is 31.1 Å². The van der Waals surface area contributed by atoms with Gasteiger partial charge in [0.25, 0.3) is 11.8 Å². The highest BCUT2D eigenvalue weighted by Crippen LogP contribution is 2.31. The number of hydrogen-bond donors (Lipinski definition) is 2. The summed E-state index contributed by atoms with van der Waals surface area (Å²) in [7, 11) is 0. The number of benzene rings is 2. The highest BCUT2D eigenvalue weighted by atomic mass is 19.1. The Hall–Kier alpha value is -3.09. The molecule has 3 rings (SSSR count). The largest absolute Gasteiger partial charge is 0.491 e. The van der Waals surface area contributed by atoms with Gasteiger partial charge in [-0.1, -0.05) is 12.1 Å². The van der Waals surface area contributed by atoms with Crippen LogP contribution in [0, 0.1) is 5.82 Å². The van der Waals surface area contributed by atoms with Gasteiger partial charge in [-0.3, -0.25) is 9.59 Å². The van der Waals surface area contributed by atoms with Gasteiger partial charge < -0.3 is 20.1 Å². The number of anilines is 1. The fraction of sp³-hybridized carbons (Fsp3) is 0.222. The normalized spacial score (nSPS) is 13.9. The van der Waals surface area contributed by atoms with Gasteiger partial charge in [0.2, 0.25) is 0 Å². The van der Waals surface area contributed by atoms with Crippen LogP contribution in [0.25, 0.3) is 0 Å². The Labute approximate surface area is 143 Å². The molecule has 6 nitrogen and oxygen atoms in total. The van der Waals surface area contributed by atoms with E-state index < -0.39 is 0 Å². The molecule has 130 valence electrons. The van der Waals surface area contributed by atoms with E-state index in [1.165, 1.54) is 12.1 Å². The average Bonchev–Trinajstić information content (AvgIpc) is 2.59. The number of amides is 2. The Morgan fingerprint density at radius 3 is 2.96 bits per heavy atom. The Balaban J connectivity index is 1.62. The number of hydrogen-bond acceptors (Lipinski definition) is 4. The molecule has 2 N–H and O–H groups in total. The average molecular weight is 344 g/mol. The monoisotopic (exact) mass is 344 g/mol. The minimum Gasteiger partial charge on any atom is -0.491 e. The van der Waals surface area contributed by atoms with Gasteiger partial charge >= 0.3 is 0 Å². The molecule has 1 atom stereocenters. The first-order valence-corrected chi connectivity index (χ1v) is 7.78. The molecule has 0 fully saturated rings. The van der Waals surface area contributed by atoms with Crippen LogP contribution in [0.1, 0.15) is 17.3 Å². The van der Waals surface area contributed by atoms with Crippen LogP contribution < -0.4 is 20.1 Å². The molecule has 0 spiro atoms. The Bertz CT molecular complexity index is 809. The first kappa shape index (κ1) is 16.8. The summed E-state index contributed by atoms with van der Waals surface area (Å²) in [5.74, 6) is -0.253. The lowest BCUT2D eigenvalue weighted by atomic mass is 10.1. The van der Waals surface area contributed by atoms with E-state index in [0.29, 0.717) is 22.7 Å². The molecule has 1 heterocycles. The summed E-state index contributed by atoms with van der Waals surface area (Å²) in [6.45, 7) is 1.83. The van der Waals surface area contributed by atoms with E-state index in [1.807, 2.05) is 0 Å². The zero-order valence-corrected chi connectivity index (χ0v) is 13.5. The maximum Gasteiger partial charge on any atom is 0.262 e. The lowest BCUT2D eigenvalue weighted by Gasteiger charge is -2.21. The molecule has 0 saturated carbocycles. The quantitative estimate of drug-likeness (QED) is 0.873. The smallest absolute Gasteiger partial charge is 0.262 e. The predicted molar refractivity (Wildman–Crippen MR) is 89.4 cm³/mol. The zero-order valence-electron chi connectivity index (χ0n) is 13.5. The van der Waals surface area contributed by atoms with E-state index >= 15 is 0 Å². The fourth-order valence-electron chi connectivity index (χ4n) is 2.41. The number of halogens is 1. The van der Waals surface area contributed by atoms with E-state index in [2.05, 4.69) is 10.6 Å². The minimum absolute atomic E-state index is 0.129. The van der Waals surface area contributed by atoms with E-state index in [1.54, 1.807) is 37.3 Å². The molecule has 1 aliphatic rings. The summed E-state index contributed by atoms with van der Waals surface area (Å²) < 4.78 is 24.0. The van der Waals surface area contributed by atoms with Crippen LogP contribution in [-0.2, 0) is 4.79 Å². The molecule has 2 aromatic carbocycles. The second-order valence-corrected chi connectivity index (χ2v) is 5.66. The first-order chi connectivity index (χ1) is 12.0. The standard InChI is InChI=1S/C18H17FN2O4/c1-11(9-24-13-5-2-4-12(19)8-13)20-18(23)14-6-3-7-15-17(14)25-10-16(22)21-15/h2-8,11H,9-10H2,1H3,(H,20,23)(H,21,22)/t11-/m1/s1. The molecule has 7 heteroatoms. The fourth-order valence-corrected chi connectivity index (χ4v) is 2.41. The summed E-state index contributed by atoms with van der Waals surface area (Å²) in [5, 5.41) is 5.45. The molecule has 0 aromatic heterocycles. The van der Waals surface area contributed by atoms with Crippen LogP contribution in [0.15, 0.2) is 42.5 Å². The van der Waals surface area contributed by atoms with Crippen LogP contribution in [0.3, 0.4) is 0 Å². The van der Waals surface area contributed by atoms with E-state index in [-0.39, 0.29) is 36.9 Å². The molecule has 0 saturated heterocycles. The second-order valence-electron chi connectivity index (χ2n) is 5.66. The predicted octanol–water partition coefficient (Wildman–Crippen LogP) is 2.35. The molecule has 1 aliphatic heterocycles. The molecule has 0 unspecified atom stereocenters. The van der Waals surface area contributed by atoms with Crippen molar-refractivity contribution >= 4 is 17.5 Å². The van der Waals surface area contributed by atoms with Crippen molar-refractivity contribution in [3.8, 4) is 11.5 Å². The minimum atomic E-state index is -0.385. The summed E-state index contributed by atoms with van der Waals surface area (Å²) in [6.07, 6.45) is 0. The van der Waals surface area contributed by atoms with Crippen molar-refractivity contribution in [2.24, 2.45) is 0 Å². The summed E-state index contributed by atoms with van der Waals surface area (Å²) in [6, 6.07) is 10.4. The SMILES string of the molecule is C[C@H](COc1cccc(F)c1)NC(=O)c1cccc2c1OCC(=O)N2. The van der Waals surface area contributed by atoms with Crippen molar-refractivity contribution in [1.82, 2.24) is 5.32 Å². The molecule has 2 amide bonds. The summed E-state index contributed by atoms with van der Waals surface area (Å²) >= 11 is 0. The molecule has 0 radical (unpaired) electrons. The van der Waals surface area contributed by atoms with Gasteiger partial charge in [-0.05, 0) is 31.2 Å². The molecule has 0 aliphatic carbocycles. The molecule has 0 bridgehead atoms. The highest BCUT2D eigenvalue weighted by Gasteiger charge is 2.23. The Kier molecular flexibility index (Phi) is 4.83. The topological polar surface area (TPSA) is 76.7 Å². The second kappa shape index (κ2) is 7.21. The number of para-hydroxylation sites is 1. The lowest BCUT2D eigenvalue weighted by Crippen LogP contribution is -2.37. The van der Waals surface area contributed by atoms with Crippen LogP contribution >= 0.6 is 0 Å². The molecular formula is C18H17FN2O4. The maximum absolute atomic E-state index is 13.1. The van der Waals surface area contributed by atoms with Gasteiger partial charge in [0.05, 0.1) is 17.3 Å². The molecular weight excluding hydrogens is 327 g/mol. The van der Waals surface area contributed by atoms with Crippen molar-refractivity contribution in [3.05, 3.63) is 53.8 Å². The third-order valence-corrected chi connectivity index (χ3v) is 3.55. The number of ether oxygens (including phenoxy) is 2. The Morgan fingerprint density at radius 2 is 2.16 bits per heavy atom. The van der Waals surface area contributed by atoms with E-state index in [0.717, 1.165) is 0 Å². The van der Waals surface area contributed by atoms with Gasteiger partial charge in [0.15, 0.2) is 12.4 Å². The van der Waals surface area contributed by atoms with Crippen LogP contribution in [0.4, 0.5) is 10.1 Å². The summed E-state index contributed by atoms with van der Waals surface area (Å²) in [5.41, 5.74) is 0.794. The number of carbonyl (C=O) groups excluding carboxylic acids is 2. The zero-order chi connectivity index (χ0) is 17.8. The van der Waals surface area contributed by atoms with Gasteiger partial charge in [0.1, 0.15) is 18.2 Å². The third-order valence-electron chi connectivity index (χ3n) is 3.55. The van der Waals surface area contributed by atoms with Crippen molar-refractivity contribution in [2.45, 2.75) is 13.0 Å². The van der Waals surface area contributed by atoms with Gasteiger partial charge in [-0.15, -0.1) is 0 Å². The number of rotatable bonds is 5. The van der Waals surface area contributed by atoms with Crippen molar-refractivity contribution in [2.75, 3.05) is 18.5 Å². The lowest BCUT2D eigenvalue weighted by molar-refractivity contribution is -0.118. The highest BCUT2D eigenvalue weighted by molar-refractivity contribution is 6.03. The maximum atomic E-state index is 13.1. The number of carbonyl (C=O) groups is 2. The van der Waals surface area contributed by atoms with Crippen LogP contribution in [0.2, 0.25) is 0 Å². The van der Waals surface area contributed by atoms with E-state index in [9.17, 15) is 14.0 Å². The third kappa shape index (κ3) is 4.06. The van der Waals surface area contributed by atoms with Crippen molar-refractivity contribution in [3.63, 3.8) is 0 Å². The van der Waals surface area contributed by atoms with Crippen molar-refractivity contribution in [1.29, 1.82) is 0 Å². The van der Waals surface area contributed by atoms with Gasteiger partial charge in [-0.2, -0.15) is 0 Å². The number of nitrogens with one attached hydrogen (secondary N) is 2. The Morgan fingerprint density at radius 1 is 1.36 bits per heavy atom. The van der Waals surface area contributed by atoms with Gasteiger partial charge in [0, 0.05) is 6.07 Å².